The first kappa shape index (κ1) is 29.0. The van der Waals surface area contributed by atoms with E-state index in [9.17, 15) is 0 Å². The van der Waals surface area contributed by atoms with Gasteiger partial charge in [0.15, 0.2) is 0 Å². The second-order valence-corrected chi connectivity index (χ2v) is 17.9. The zero-order valence-electron chi connectivity index (χ0n) is 21.0. The third-order valence-corrected chi connectivity index (χ3v) is 17.3. The molecule has 4 aliphatic carbocycles. The standard InChI is InChI=1S/C28H27ClS8/c1-30-25-26(31-2)35-23(34-25)20-11-16-5-7-17(8-6-16)12-21(24-36-27(32-3)28(33-4)37-24)15-19-10-9-18(13-20)14-22(19)29/h5-10,14H,11-13,15H2,1-4H3. The summed E-state index contributed by atoms with van der Waals surface area (Å²) in [5, 5.41) is 0.890. The van der Waals surface area contributed by atoms with Crippen LogP contribution in [0.25, 0.3) is 0 Å². The molecular weight excluding hydrogens is 628 g/mol. The summed E-state index contributed by atoms with van der Waals surface area (Å²) < 4.78 is 8.56. The summed E-state index contributed by atoms with van der Waals surface area (Å²) in [5.74, 6) is 0. The Morgan fingerprint density at radius 1 is 0.541 bits per heavy atom. The van der Waals surface area contributed by atoms with Crippen molar-refractivity contribution in [3.05, 3.63) is 106 Å². The lowest BCUT2D eigenvalue weighted by atomic mass is 9.93. The molecule has 0 spiro atoms. The minimum absolute atomic E-state index is 0.886. The van der Waals surface area contributed by atoms with E-state index in [1.54, 1.807) is 0 Å². The first-order chi connectivity index (χ1) is 18.0. The number of halogens is 1. The number of thioether (sulfide) groups is 8. The van der Waals surface area contributed by atoms with E-state index in [1.807, 2.05) is 94.1 Å². The minimum Gasteiger partial charge on any atom is -0.121 e. The van der Waals surface area contributed by atoms with Gasteiger partial charge in [-0.25, -0.2) is 0 Å². The van der Waals surface area contributed by atoms with Gasteiger partial charge < -0.3 is 0 Å². The highest BCUT2D eigenvalue weighted by molar-refractivity contribution is 8.41. The van der Waals surface area contributed by atoms with Crippen LogP contribution in [0.4, 0.5) is 0 Å². The van der Waals surface area contributed by atoms with Crippen molar-refractivity contribution >= 4 is 106 Å². The van der Waals surface area contributed by atoms with Gasteiger partial charge in [-0.1, -0.05) is 95.0 Å². The lowest BCUT2D eigenvalue weighted by Gasteiger charge is -2.17. The van der Waals surface area contributed by atoms with Crippen molar-refractivity contribution in [3.63, 3.8) is 0 Å². The van der Waals surface area contributed by atoms with Crippen LogP contribution in [0.15, 0.2) is 79.0 Å². The van der Waals surface area contributed by atoms with Crippen LogP contribution in [0, 0.1) is 0 Å². The molecule has 2 aromatic rings. The second kappa shape index (κ2) is 13.4. The van der Waals surface area contributed by atoms with Crippen molar-refractivity contribution in [2.45, 2.75) is 25.7 Å². The van der Waals surface area contributed by atoms with Gasteiger partial charge in [-0.3, -0.25) is 0 Å². The van der Waals surface area contributed by atoms with Crippen LogP contribution >= 0.6 is 106 Å². The molecule has 0 fully saturated rings. The fourth-order valence-corrected chi connectivity index (χ4v) is 14.7. The van der Waals surface area contributed by atoms with Gasteiger partial charge >= 0.3 is 0 Å². The van der Waals surface area contributed by atoms with E-state index in [2.05, 4.69) is 67.5 Å². The summed E-state index contributed by atoms with van der Waals surface area (Å²) in [7, 11) is 0. The van der Waals surface area contributed by atoms with Crippen LogP contribution in [-0.2, 0) is 25.7 Å². The molecular formula is C28H27ClS8. The van der Waals surface area contributed by atoms with Gasteiger partial charge in [0.25, 0.3) is 0 Å². The van der Waals surface area contributed by atoms with Gasteiger partial charge in [0, 0.05) is 5.02 Å². The molecule has 9 heteroatoms. The fraction of sp³-hybridized carbons (Fsp3) is 0.286. The normalized spacial score (nSPS) is 18.6. The zero-order valence-corrected chi connectivity index (χ0v) is 28.3. The molecule has 0 saturated carbocycles. The van der Waals surface area contributed by atoms with E-state index in [4.69, 9.17) is 11.6 Å². The molecule has 8 rings (SSSR count). The maximum atomic E-state index is 6.96. The Labute approximate surface area is 260 Å². The number of hydrogen-bond acceptors (Lipinski definition) is 8. The Bertz CT molecular complexity index is 1280. The summed E-state index contributed by atoms with van der Waals surface area (Å²) in [6, 6.07) is 16.1. The maximum absolute atomic E-state index is 6.96. The topological polar surface area (TPSA) is 0 Å². The van der Waals surface area contributed by atoms with Crippen LogP contribution in [-0.4, -0.2) is 25.0 Å². The van der Waals surface area contributed by atoms with Crippen LogP contribution in [0.1, 0.15) is 22.3 Å². The Hall–Kier alpha value is 0.490. The summed E-state index contributed by atoms with van der Waals surface area (Å²) in [5.41, 5.74) is 8.22. The SMILES string of the molecule is CSC1=C(SC)SC(=C2Cc3ccc(cc3)CC(=C3SC(SC)=C(SC)S3)Cc3ccc(cc3Cl)C2)S1. The van der Waals surface area contributed by atoms with Gasteiger partial charge in [0.2, 0.25) is 0 Å². The average Bonchev–Trinajstić information content (AvgIpc) is 3.54. The largest absolute Gasteiger partial charge is 0.121 e. The minimum atomic E-state index is 0.886. The zero-order chi connectivity index (χ0) is 25.9. The smallest absolute Gasteiger partial charge is 0.0657 e. The molecule has 0 amide bonds. The van der Waals surface area contributed by atoms with Gasteiger partial charge in [0.1, 0.15) is 0 Å². The molecule has 0 radical (unpaired) electrons. The predicted molar refractivity (Wildman–Crippen MR) is 185 cm³/mol. The van der Waals surface area contributed by atoms with Gasteiger partial charge in [-0.05, 0) is 90.2 Å². The fourth-order valence-electron chi connectivity index (χ4n) is 4.34. The number of rotatable bonds is 4. The number of benzene rings is 2. The molecule has 2 aliphatic heterocycles. The molecule has 0 atom stereocenters. The van der Waals surface area contributed by atoms with Crippen molar-refractivity contribution in [2.24, 2.45) is 0 Å². The van der Waals surface area contributed by atoms with E-state index in [0.29, 0.717) is 0 Å². The van der Waals surface area contributed by atoms with Crippen molar-refractivity contribution in [1.82, 2.24) is 0 Å². The van der Waals surface area contributed by atoms with Crippen molar-refractivity contribution in [1.29, 1.82) is 0 Å². The molecule has 2 aromatic carbocycles. The Morgan fingerprint density at radius 2 is 0.919 bits per heavy atom. The third-order valence-electron chi connectivity index (χ3n) is 6.19. The Balaban J connectivity index is 1.53. The van der Waals surface area contributed by atoms with E-state index in [-0.39, 0.29) is 0 Å². The Kier molecular flexibility index (Phi) is 10.5. The Morgan fingerprint density at radius 3 is 1.32 bits per heavy atom. The average molecular weight is 656 g/mol. The van der Waals surface area contributed by atoms with Gasteiger partial charge in [-0.15, -0.1) is 47.0 Å². The van der Waals surface area contributed by atoms with Crippen LogP contribution in [0.2, 0.25) is 5.02 Å². The summed E-state index contributed by atoms with van der Waals surface area (Å²) in [6.07, 6.45) is 12.5. The molecule has 0 nitrogen and oxygen atoms in total. The van der Waals surface area contributed by atoms with Gasteiger partial charge in [-0.2, -0.15) is 0 Å². The third kappa shape index (κ3) is 6.87. The summed E-state index contributed by atoms with van der Waals surface area (Å²) in [4.78, 5) is 0. The monoisotopic (exact) mass is 654 g/mol. The van der Waals surface area contributed by atoms with Crippen LogP contribution in [0.3, 0.4) is 0 Å². The van der Waals surface area contributed by atoms with E-state index >= 15 is 0 Å². The van der Waals surface area contributed by atoms with E-state index < -0.39 is 0 Å². The summed E-state index contributed by atoms with van der Waals surface area (Å²) in [6.45, 7) is 0. The van der Waals surface area contributed by atoms with Crippen molar-refractivity contribution < 1.29 is 0 Å². The van der Waals surface area contributed by atoms with Crippen molar-refractivity contribution in [3.8, 4) is 0 Å². The number of hydrogen-bond donors (Lipinski definition) is 0. The maximum Gasteiger partial charge on any atom is 0.0657 e. The quantitative estimate of drug-likeness (QED) is 0.315. The van der Waals surface area contributed by atoms with E-state index in [0.717, 1.165) is 30.7 Å². The molecule has 0 saturated heterocycles. The molecule has 0 aromatic heterocycles. The molecule has 2 heterocycles. The summed E-state index contributed by atoms with van der Waals surface area (Å²) >= 11 is 22.2. The van der Waals surface area contributed by atoms with E-state index in [1.165, 1.54) is 58.8 Å². The highest BCUT2D eigenvalue weighted by atomic mass is 35.5. The predicted octanol–water partition coefficient (Wildman–Crippen LogP) is 11.3. The van der Waals surface area contributed by atoms with Crippen LogP contribution in [0.5, 0.6) is 0 Å². The second-order valence-electron chi connectivity index (χ2n) is 8.61. The highest BCUT2D eigenvalue weighted by Gasteiger charge is 2.26. The molecule has 4 bridgehead atoms. The molecule has 0 N–H and O–H groups in total. The first-order valence-corrected chi connectivity index (χ1v) is 20.2. The lowest BCUT2D eigenvalue weighted by molar-refractivity contribution is 1.00. The van der Waals surface area contributed by atoms with Crippen LogP contribution < -0.4 is 0 Å². The van der Waals surface area contributed by atoms with Crippen molar-refractivity contribution in [2.75, 3.05) is 25.0 Å². The molecule has 194 valence electrons. The number of allylic oxidation sites excluding steroid dienone is 2. The lowest BCUT2D eigenvalue weighted by Crippen LogP contribution is -2.03. The molecule has 6 aliphatic rings. The highest BCUT2D eigenvalue weighted by Crippen LogP contribution is 2.59. The molecule has 37 heavy (non-hydrogen) atoms. The van der Waals surface area contributed by atoms with Gasteiger partial charge in [0.05, 0.1) is 25.4 Å². The molecule has 0 unspecified atom stereocenters. The first-order valence-electron chi connectivity index (χ1n) is 11.7.